The van der Waals surface area contributed by atoms with Crippen LogP contribution in [0.1, 0.15) is 74.3 Å². The van der Waals surface area contributed by atoms with Gasteiger partial charge in [-0.05, 0) is 151 Å². The second kappa shape index (κ2) is 13.5. The molecule has 0 N–H and O–H groups in total. The van der Waals surface area contributed by atoms with E-state index in [9.17, 15) is 0 Å². The summed E-state index contributed by atoms with van der Waals surface area (Å²) in [6, 6.07) is 52.6. The lowest BCUT2D eigenvalue weighted by molar-refractivity contribution is 0.622. The number of nitrogens with zero attached hydrogens (tertiary/aromatic N) is 2. The van der Waals surface area contributed by atoms with E-state index < -0.39 is 16.1 Å². The topological polar surface area (TPSA) is 6.48 Å². The van der Waals surface area contributed by atoms with Crippen LogP contribution in [-0.4, -0.2) is 22.7 Å². The molecule has 0 amide bonds. The van der Waals surface area contributed by atoms with Crippen LogP contribution in [0, 0.1) is 5.92 Å². The molecule has 0 bridgehead atoms. The average molecular weight is 825 g/mol. The molecule has 1 fully saturated rings. The second-order valence-electron chi connectivity index (χ2n) is 20.0. The predicted octanol–water partition coefficient (Wildman–Crippen LogP) is 12.2. The van der Waals surface area contributed by atoms with Gasteiger partial charge in [-0.25, -0.2) is 0 Å². The Hall–Kier alpha value is -5.43. The molecule has 4 heterocycles. The van der Waals surface area contributed by atoms with Crippen LogP contribution in [0.4, 0.5) is 22.7 Å². The van der Waals surface area contributed by atoms with Crippen molar-refractivity contribution in [3.63, 3.8) is 0 Å². The number of para-hydroxylation sites is 3. The van der Waals surface area contributed by atoms with Crippen LogP contribution in [-0.2, 0) is 11.8 Å². The van der Waals surface area contributed by atoms with Crippen molar-refractivity contribution in [1.82, 2.24) is 0 Å². The third-order valence-corrected chi connectivity index (χ3v) is 24.8. The van der Waals surface area contributed by atoms with Crippen molar-refractivity contribution in [2.75, 3.05) is 16.3 Å². The van der Waals surface area contributed by atoms with Gasteiger partial charge in [0.25, 0.3) is 0 Å². The Balaban J connectivity index is 0.874. The minimum absolute atomic E-state index is 0.0514. The van der Waals surface area contributed by atoms with Gasteiger partial charge in [0.15, 0.2) is 0 Å². The highest BCUT2D eigenvalue weighted by atomic mass is 28.3. The van der Waals surface area contributed by atoms with E-state index in [-0.39, 0.29) is 5.41 Å². The van der Waals surface area contributed by atoms with E-state index in [0.717, 1.165) is 13.0 Å². The van der Waals surface area contributed by atoms with Crippen LogP contribution in [0.2, 0.25) is 25.2 Å². The van der Waals surface area contributed by atoms with Crippen LogP contribution >= 0.6 is 0 Å². The summed E-state index contributed by atoms with van der Waals surface area (Å²) in [7, 11) is -3.64. The van der Waals surface area contributed by atoms with Crippen LogP contribution in [0.15, 0.2) is 145 Å². The van der Waals surface area contributed by atoms with Crippen molar-refractivity contribution >= 4 is 77.4 Å². The van der Waals surface area contributed by atoms with Gasteiger partial charge in [-0.2, -0.15) is 0 Å². The van der Waals surface area contributed by atoms with Crippen molar-refractivity contribution in [2.45, 2.75) is 83.5 Å². The van der Waals surface area contributed by atoms with Gasteiger partial charge in [-0.1, -0.05) is 150 Å². The molecule has 6 aromatic carbocycles. The zero-order valence-corrected chi connectivity index (χ0v) is 38.5. The van der Waals surface area contributed by atoms with Gasteiger partial charge in [0.2, 0.25) is 0 Å². The largest absolute Gasteiger partial charge is 0.345 e. The number of allylic oxidation sites excluding steroid dienone is 4. The Morgan fingerprint density at radius 2 is 1.25 bits per heavy atom. The van der Waals surface area contributed by atoms with Crippen LogP contribution < -0.4 is 30.5 Å². The Labute approximate surface area is 365 Å². The lowest BCUT2D eigenvalue weighted by Gasteiger charge is -2.42. The first-order valence-corrected chi connectivity index (χ1v) is 28.5. The molecule has 1 unspecified atom stereocenters. The molecular formula is C57H56N2Si2. The molecule has 6 aliphatic rings. The number of rotatable bonds is 4. The van der Waals surface area contributed by atoms with Crippen molar-refractivity contribution in [3.8, 4) is 11.1 Å². The van der Waals surface area contributed by atoms with Gasteiger partial charge in [0.05, 0.1) is 0 Å². The lowest BCUT2D eigenvalue weighted by Crippen LogP contribution is -2.60. The van der Waals surface area contributed by atoms with Crippen molar-refractivity contribution < 1.29 is 0 Å². The molecule has 2 aliphatic carbocycles. The Kier molecular flexibility index (Phi) is 8.29. The molecule has 0 aromatic heterocycles. The van der Waals surface area contributed by atoms with Crippen molar-refractivity contribution in [3.05, 3.63) is 173 Å². The summed E-state index contributed by atoms with van der Waals surface area (Å²) in [6.45, 7) is 13.5. The maximum absolute atomic E-state index is 2.63. The number of fused-ring (bicyclic) bond motifs is 10. The summed E-state index contributed by atoms with van der Waals surface area (Å²) < 4.78 is 0. The van der Waals surface area contributed by atoms with Gasteiger partial charge < -0.3 is 9.80 Å². The van der Waals surface area contributed by atoms with Crippen molar-refractivity contribution in [2.24, 2.45) is 5.92 Å². The van der Waals surface area contributed by atoms with E-state index in [1.54, 1.807) is 26.3 Å². The molecule has 0 saturated carbocycles. The molecule has 1 saturated heterocycles. The van der Waals surface area contributed by atoms with E-state index in [4.69, 9.17) is 0 Å². The number of hydrogen-bond donors (Lipinski definition) is 0. The summed E-state index contributed by atoms with van der Waals surface area (Å²) in [5.74, 6) is 0.485. The summed E-state index contributed by atoms with van der Waals surface area (Å²) in [4.78, 5) is 5.23. The zero-order chi connectivity index (χ0) is 41.3. The minimum Gasteiger partial charge on any atom is -0.345 e. The molecule has 0 radical (unpaired) electrons. The van der Waals surface area contributed by atoms with E-state index in [1.165, 1.54) is 111 Å². The van der Waals surface area contributed by atoms with Gasteiger partial charge in [-0.15, -0.1) is 0 Å². The maximum atomic E-state index is 2.63. The number of anilines is 4. The third-order valence-electron chi connectivity index (χ3n) is 15.9. The first-order valence-electron chi connectivity index (χ1n) is 23.1. The van der Waals surface area contributed by atoms with Crippen LogP contribution in [0.3, 0.4) is 0 Å². The number of hydrogen-bond acceptors (Lipinski definition) is 2. The molecule has 61 heavy (non-hydrogen) atoms. The van der Waals surface area contributed by atoms with Crippen molar-refractivity contribution in [1.29, 1.82) is 0 Å². The van der Waals surface area contributed by atoms with Crippen LogP contribution in [0.25, 0.3) is 28.9 Å². The van der Waals surface area contributed by atoms with E-state index >= 15 is 0 Å². The summed E-state index contributed by atoms with van der Waals surface area (Å²) in [6.07, 6.45) is 13.5. The van der Waals surface area contributed by atoms with Gasteiger partial charge in [-0.3, -0.25) is 0 Å². The molecular weight excluding hydrogens is 769 g/mol. The molecule has 1 spiro atoms. The third kappa shape index (κ3) is 5.44. The average Bonchev–Trinajstić information content (AvgIpc) is 3.93. The monoisotopic (exact) mass is 824 g/mol. The first kappa shape index (κ1) is 37.3. The standard InChI is InChI=1S/C57H56N2Si2/c1-38-33-43(58-30-14-16-41-15-6-7-17-49(41)58)37-48-56(38)44-27-24-40(35-47(44)57(48,2)3)23-22-39-25-28-52-45(34-39)46-36-42(26-29-53(46)60(52,4)5)59-50-18-8-10-20-54(50)61(31-12-13-32-61)55-21-11-9-19-51(55)59/h6-11,15,17-29,34-38H,12-14,16,30-33H2,1-5H3. The molecule has 2 nitrogen and oxygen atoms in total. The SMILES string of the molecule is CC1CC(N2CCCc3ccccc32)=CC2=C1c1ccc(C=Cc3ccc4c(c3)-c3cc(N5c6ccccc6[Si]6(CCCC6)c6ccccc65)ccc3[Si]4(C)C)cc1C2(C)C. The van der Waals surface area contributed by atoms with Gasteiger partial charge in [0.1, 0.15) is 16.1 Å². The molecule has 4 heteroatoms. The van der Waals surface area contributed by atoms with Gasteiger partial charge >= 0.3 is 0 Å². The number of aryl methyl sites for hydroxylation is 1. The summed E-state index contributed by atoms with van der Waals surface area (Å²) >= 11 is 0. The number of benzene rings is 6. The fourth-order valence-electron chi connectivity index (χ4n) is 12.9. The molecule has 1 atom stereocenters. The summed E-state index contributed by atoms with van der Waals surface area (Å²) in [5, 5.41) is 6.39. The Morgan fingerprint density at radius 1 is 0.623 bits per heavy atom. The fourth-order valence-corrected chi connectivity index (χ4v) is 21.5. The zero-order valence-electron chi connectivity index (χ0n) is 36.5. The Bertz CT molecular complexity index is 2870. The molecule has 4 aliphatic heterocycles. The summed E-state index contributed by atoms with van der Waals surface area (Å²) in [5.41, 5.74) is 19.8. The second-order valence-corrected chi connectivity index (χ2v) is 28.6. The predicted molar refractivity (Wildman–Crippen MR) is 266 cm³/mol. The molecule has 6 aromatic rings. The van der Waals surface area contributed by atoms with Crippen LogP contribution in [0.5, 0.6) is 0 Å². The maximum Gasteiger partial charge on any atom is 0.123 e. The smallest absolute Gasteiger partial charge is 0.123 e. The van der Waals surface area contributed by atoms with Gasteiger partial charge in [0, 0.05) is 40.4 Å². The quantitative estimate of drug-likeness (QED) is 0.129. The molecule has 302 valence electrons. The van der Waals surface area contributed by atoms with E-state index in [2.05, 4.69) is 189 Å². The lowest BCUT2D eigenvalue weighted by atomic mass is 9.77. The minimum atomic E-state index is -1.86. The first-order chi connectivity index (χ1) is 29.6. The highest BCUT2D eigenvalue weighted by molar-refractivity contribution is 7.05. The van der Waals surface area contributed by atoms with E-state index in [1.807, 2.05) is 0 Å². The Morgan fingerprint density at radius 3 is 1.98 bits per heavy atom. The van der Waals surface area contributed by atoms with E-state index in [0.29, 0.717) is 5.92 Å². The fraction of sp³-hybridized carbons (Fsp3) is 0.263. The molecule has 12 rings (SSSR count). The normalized spacial score (nSPS) is 20.8. The highest BCUT2D eigenvalue weighted by Gasteiger charge is 2.48. The highest BCUT2D eigenvalue weighted by Crippen LogP contribution is 2.54.